The summed E-state index contributed by atoms with van der Waals surface area (Å²) < 4.78 is 22.8. The fraction of sp³-hybridized carbons (Fsp3) is 0.600. The van der Waals surface area contributed by atoms with Crippen LogP contribution in [-0.2, 0) is 21.1 Å². The third-order valence-corrected chi connectivity index (χ3v) is 6.08. The fourth-order valence-corrected chi connectivity index (χ4v) is 4.48. The number of amides is 1. The average molecular weight is 339 g/mol. The standard InChI is InChI=1S/C15H21N3O4S/c19-14-5-4-11-12(16-14)2-1-3-13(11)17-15(20)10-18-6-8-23(21,22)9-7-18/h4-5,13H,1-3,6-10H2,(H,16,19)(H,17,20)/t13-/m1/s1. The number of pyridine rings is 1. The second-order valence-corrected chi connectivity index (χ2v) is 8.50. The lowest BCUT2D eigenvalue weighted by atomic mass is 9.91. The van der Waals surface area contributed by atoms with Gasteiger partial charge in [-0.15, -0.1) is 0 Å². The van der Waals surface area contributed by atoms with Crippen LogP contribution in [-0.4, -0.2) is 55.3 Å². The first-order chi connectivity index (χ1) is 10.9. The number of carbonyl (C=O) groups excluding carboxylic acids is 1. The zero-order valence-electron chi connectivity index (χ0n) is 12.9. The largest absolute Gasteiger partial charge is 0.348 e. The molecule has 1 aliphatic heterocycles. The molecule has 0 radical (unpaired) electrons. The second kappa shape index (κ2) is 6.45. The Labute approximate surface area is 135 Å². The topological polar surface area (TPSA) is 99.3 Å². The summed E-state index contributed by atoms with van der Waals surface area (Å²) >= 11 is 0. The molecule has 7 nitrogen and oxygen atoms in total. The van der Waals surface area contributed by atoms with Crippen LogP contribution >= 0.6 is 0 Å². The van der Waals surface area contributed by atoms with E-state index in [1.807, 2.05) is 4.90 Å². The van der Waals surface area contributed by atoms with Crippen LogP contribution in [0.4, 0.5) is 0 Å². The molecule has 0 unspecified atom stereocenters. The van der Waals surface area contributed by atoms with Gasteiger partial charge in [-0.25, -0.2) is 8.42 Å². The smallest absolute Gasteiger partial charge is 0.248 e. The lowest BCUT2D eigenvalue weighted by molar-refractivity contribution is -0.123. The summed E-state index contributed by atoms with van der Waals surface area (Å²) in [5, 5.41) is 3.01. The molecular formula is C15H21N3O4S. The molecule has 2 N–H and O–H groups in total. The number of aromatic nitrogens is 1. The molecule has 1 fully saturated rings. The Morgan fingerprint density at radius 1 is 1.30 bits per heavy atom. The number of nitrogens with zero attached hydrogens (tertiary/aromatic N) is 1. The van der Waals surface area contributed by atoms with Crippen LogP contribution in [0.3, 0.4) is 0 Å². The van der Waals surface area contributed by atoms with Gasteiger partial charge >= 0.3 is 0 Å². The van der Waals surface area contributed by atoms with E-state index < -0.39 is 9.84 Å². The Balaban J connectivity index is 1.60. The quantitative estimate of drug-likeness (QED) is 0.781. The number of aromatic amines is 1. The molecule has 1 aliphatic carbocycles. The van der Waals surface area contributed by atoms with Crippen LogP contribution in [0.15, 0.2) is 16.9 Å². The highest BCUT2D eigenvalue weighted by Crippen LogP contribution is 2.27. The number of rotatable bonds is 3. The van der Waals surface area contributed by atoms with E-state index in [-0.39, 0.29) is 35.6 Å². The maximum absolute atomic E-state index is 12.2. The molecule has 1 amide bonds. The van der Waals surface area contributed by atoms with Gasteiger partial charge in [0.15, 0.2) is 9.84 Å². The maximum atomic E-state index is 12.2. The molecule has 0 aromatic carbocycles. The van der Waals surface area contributed by atoms with Crippen molar-refractivity contribution < 1.29 is 13.2 Å². The predicted octanol–water partition coefficient (Wildman–Crippen LogP) is -0.401. The van der Waals surface area contributed by atoms with Gasteiger partial charge in [0, 0.05) is 24.8 Å². The number of carbonyl (C=O) groups is 1. The molecule has 2 aliphatic rings. The molecule has 3 rings (SSSR count). The summed E-state index contributed by atoms with van der Waals surface area (Å²) in [6.45, 7) is 1.03. The first kappa shape index (κ1) is 16.2. The van der Waals surface area contributed by atoms with Crippen molar-refractivity contribution in [2.24, 2.45) is 0 Å². The molecule has 1 saturated heterocycles. The van der Waals surface area contributed by atoms with Gasteiger partial charge in [-0.05, 0) is 30.9 Å². The number of nitrogens with one attached hydrogen (secondary N) is 2. The third-order valence-electron chi connectivity index (χ3n) is 4.47. The molecule has 1 aromatic rings. The number of sulfone groups is 1. The van der Waals surface area contributed by atoms with E-state index in [4.69, 9.17) is 0 Å². The molecule has 0 spiro atoms. The lowest BCUT2D eigenvalue weighted by Crippen LogP contribution is -2.46. The Morgan fingerprint density at radius 3 is 2.78 bits per heavy atom. The first-order valence-electron chi connectivity index (χ1n) is 7.87. The third kappa shape index (κ3) is 4.00. The number of H-pyrrole nitrogens is 1. The minimum atomic E-state index is -2.93. The van der Waals surface area contributed by atoms with E-state index in [1.165, 1.54) is 6.07 Å². The van der Waals surface area contributed by atoms with Gasteiger partial charge in [-0.3, -0.25) is 14.5 Å². The Morgan fingerprint density at radius 2 is 2.04 bits per heavy atom. The number of fused-ring (bicyclic) bond motifs is 1. The minimum absolute atomic E-state index is 0.0865. The van der Waals surface area contributed by atoms with E-state index >= 15 is 0 Å². The van der Waals surface area contributed by atoms with Crippen LogP contribution in [0.2, 0.25) is 0 Å². The van der Waals surface area contributed by atoms with E-state index in [0.29, 0.717) is 13.1 Å². The van der Waals surface area contributed by atoms with Crippen LogP contribution in [0.5, 0.6) is 0 Å². The Bertz CT molecular complexity index is 742. The van der Waals surface area contributed by atoms with Crippen molar-refractivity contribution in [3.05, 3.63) is 33.7 Å². The van der Waals surface area contributed by atoms with Gasteiger partial charge in [-0.1, -0.05) is 0 Å². The average Bonchev–Trinajstić information content (AvgIpc) is 2.49. The van der Waals surface area contributed by atoms with E-state index in [1.54, 1.807) is 6.07 Å². The second-order valence-electron chi connectivity index (χ2n) is 6.20. The Hall–Kier alpha value is -1.67. The summed E-state index contributed by atoms with van der Waals surface area (Å²) in [5.41, 5.74) is 1.76. The first-order valence-corrected chi connectivity index (χ1v) is 9.69. The zero-order valence-corrected chi connectivity index (χ0v) is 13.7. The van der Waals surface area contributed by atoms with Crippen LogP contribution in [0.25, 0.3) is 0 Å². The summed E-state index contributed by atoms with van der Waals surface area (Å²) in [7, 11) is -2.93. The highest BCUT2D eigenvalue weighted by Gasteiger charge is 2.26. The van der Waals surface area contributed by atoms with Crippen molar-refractivity contribution in [3.63, 3.8) is 0 Å². The van der Waals surface area contributed by atoms with Crippen molar-refractivity contribution in [1.82, 2.24) is 15.2 Å². The molecule has 0 saturated carbocycles. The van der Waals surface area contributed by atoms with Gasteiger partial charge in [0.25, 0.3) is 0 Å². The molecule has 8 heteroatoms. The maximum Gasteiger partial charge on any atom is 0.248 e. The molecule has 1 aromatic heterocycles. The number of hydrogen-bond acceptors (Lipinski definition) is 5. The monoisotopic (exact) mass is 339 g/mol. The van der Waals surface area contributed by atoms with Crippen LogP contribution in [0, 0.1) is 0 Å². The van der Waals surface area contributed by atoms with Gasteiger partial charge in [-0.2, -0.15) is 0 Å². The Kier molecular flexibility index (Phi) is 4.54. The number of aryl methyl sites for hydroxylation is 1. The fourth-order valence-electron chi connectivity index (χ4n) is 3.20. The van der Waals surface area contributed by atoms with Crippen molar-refractivity contribution >= 4 is 15.7 Å². The summed E-state index contributed by atoms with van der Waals surface area (Å²) in [6, 6.07) is 3.18. The van der Waals surface area contributed by atoms with Gasteiger partial charge in [0.05, 0.1) is 24.1 Å². The van der Waals surface area contributed by atoms with Gasteiger partial charge in [0.2, 0.25) is 11.5 Å². The van der Waals surface area contributed by atoms with Gasteiger partial charge < -0.3 is 10.3 Å². The van der Waals surface area contributed by atoms with Gasteiger partial charge in [0.1, 0.15) is 0 Å². The molecule has 0 bridgehead atoms. The molecule has 1 atom stereocenters. The highest BCUT2D eigenvalue weighted by molar-refractivity contribution is 7.91. The molecular weight excluding hydrogens is 318 g/mol. The van der Waals surface area contributed by atoms with Crippen molar-refractivity contribution in [3.8, 4) is 0 Å². The summed E-state index contributed by atoms with van der Waals surface area (Å²) in [6.07, 6.45) is 2.58. The summed E-state index contributed by atoms with van der Waals surface area (Å²) in [5.74, 6) is 0.134. The molecule has 23 heavy (non-hydrogen) atoms. The van der Waals surface area contributed by atoms with Crippen LogP contribution in [0.1, 0.15) is 30.1 Å². The van der Waals surface area contributed by atoms with Crippen molar-refractivity contribution in [2.75, 3.05) is 31.1 Å². The summed E-state index contributed by atoms with van der Waals surface area (Å²) in [4.78, 5) is 28.3. The predicted molar refractivity (Wildman–Crippen MR) is 86.0 cm³/mol. The van der Waals surface area contributed by atoms with E-state index in [9.17, 15) is 18.0 Å². The normalized spacial score (nSPS) is 23.9. The van der Waals surface area contributed by atoms with Crippen molar-refractivity contribution in [2.45, 2.75) is 25.3 Å². The SMILES string of the molecule is O=C(CN1CCS(=O)(=O)CC1)N[C@@H]1CCCc2[nH]c(=O)ccc21. The van der Waals surface area contributed by atoms with Crippen LogP contribution < -0.4 is 10.9 Å². The molecule has 126 valence electrons. The highest BCUT2D eigenvalue weighted by atomic mass is 32.2. The lowest BCUT2D eigenvalue weighted by Gasteiger charge is -2.29. The molecule has 2 heterocycles. The van der Waals surface area contributed by atoms with E-state index in [0.717, 1.165) is 30.5 Å². The van der Waals surface area contributed by atoms with E-state index in [2.05, 4.69) is 10.3 Å². The van der Waals surface area contributed by atoms with Crippen molar-refractivity contribution in [1.29, 1.82) is 0 Å². The minimum Gasteiger partial charge on any atom is -0.348 e. The number of hydrogen-bond donors (Lipinski definition) is 2. The zero-order chi connectivity index (χ0) is 16.4.